The van der Waals surface area contributed by atoms with Gasteiger partial charge in [0.15, 0.2) is 0 Å². The van der Waals surface area contributed by atoms with E-state index in [1.54, 1.807) is 0 Å². The van der Waals surface area contributed by atoms with Crippen molar-refractivity contribution in [1.29, 1.82) is 0 Å². The summed E-state index contributed by atoms with van der Waals surface area (Å²) in [5.41, 5.74) is 5.71. The Hall–Kier alpha value is -0.570. The lowest BCUT2D eigenvalue weighted by Crippen LogP contribution is -2.41. The van der Waals surface area contributed by atoms with E-state index in [0.29, 0.717) is 6.61 Å². The standard InChI is InChI=1S/C8H15NO2/c1-7(10)11-6-8(9)4-2-3-5-8/h2-6,9H2,1H3. The smallest absolute Gasteiger partial charge is 0.302 e. The molecule has 0 heterocycles. The molecule has 0 radical (unpaired) electrons. The van der Waals surface area contributed by atoms with Gasteiger partial charge in [-0.3, -0.25) is 4.79 Å². The molecule has 2 N–H and O–H groups in total. The van der Waals surface area contributed by atoms with Gasteiger partial charge in [-0.1, -0.05) is 12.8 Å². The second-order valence-electron chi connectivity index (χ2n) is 3.35. The molecular formula is C8H15NO2. The van der Waals surface area contributed by atoms with E-state index in [0.717, 1.165) is 25.7 Å². The Morgan fingerprint density at radius 1 is 1.55 bits per heavy atom. The van der Waals surface area contributed by atoms with Crippen molar-refractivity contribution in [2.45, 2.75) is 38.1 Å². The Kier molecular flexibility index (Phi) is 2.49. The predicted octanol–water partition coefficient (Wildman–Crippen LogP) is 0.821. The molecule has 1 saturated carbocycles. The van der Waals surface area contributed by atoms with Crippen LogP contribution in [0.5, 0.6) is 0 Å². The van der Waals surface area contributed by atoms with E-state index in [1.165, 1.54) is 6.92 Å². The highest BCUT2D eigenvalue weighted by Gasteiger charge is 2.30. The highest BCUT2D eigenvalue weighted by molar-refractivity contribution is 5.65. The second kappa shape index (κ2) is 3.22. The number of carbonyl (C=O) groups excluding carboxylic acids is 1. The molecule has 0 aromatic carbocycles. The Labute approximate surface area is 66.9 Å². The number of hydrogen-bond donors (Lipinski definition) is 1. The third kappa shape index (κ3) is 2.50. The lowest BCUT2D eigenvalue weighted by Gasteiger charge is -2.22. The highest BCUT2D eigenvalue weighted by atomic mass is 16.5. The van der Waals surface area contributed by atoms with Crippen molar-refractivity contribution in [3.8, 4) is 0 Å². The lowest BCUT2D eigenvalue weighted by molar-refractivity contribution is -0.142. The third-order valence-electron chi connectivity index (χ3n) is 2.16. The Morgan fingerprint density at radius 2 is 2.09 bits per heavy atom. The van der Waals surface area contributed by atoms with E-state index in [4.69, 9.17) is 10.5 Å². The quantitative estimate of drug-likeness (QED) is 0.604. The molecule has 64 valence electrons. The molecule has 0 bridgehead atoms. The summed E-state index contributed by atoms with van der Waals surface area (Å²) in [5.74, 6) is -0.235. The second-order valence-corrected chi connectivity index (χ2v) is 3.35. The molecule has 1 rings (SSSR count). The maximum atomic E-state index is 10.5. The van der Waals surface area contributed by atoms with Crippen molar-refractivity contribution in [2.24, 2.45) is 5.73 Å². The summed E-state index contributed by atoms with van der Waals surface area (Å²) < 4.78 is 4.86. The molecule has 1 aliphatic carbocycles. The Bertz CT molecular complexity index is 150. The molecule has 1 fully saturated rings. The summed E-state index contributed by atoms with van der Waals surface area (Å²) in [5, 5.41) is 0. The van der Waals surface area contributed by atoms with Crippen LogP contribution in [0.3, 0.4) is 0 Å². The molecule has 1 aliphatic rings. The first-order chi connectivity index (χ1) is 5.12. The minimum Gasteiger partial charge on any atom is -0.464 e. The maximum Gasteiger partial charge on any atom is 0.302 e. The molecular weight excluding hydrogens is 142 g/mol. The van der Waals surface area contributed by atoms with Crippen LogP contribution in [0.25, 0.3) is 0 Å². The number of rotatable bonds is 2. The topological polar surface area (TPSA) is 52.3 Å². The van der Waals surface area contributed by atoms with Crippen molar-refractivity contribution >= 4 is 5.97 Å². The van der Waals surface area contributed by atoms with E-state index in [2.05, 4.69) is 0 Å². The van der Waals surface area contributed by atoms with Crippen molar-refractivity contribution in [1.82, 2.24) is 0 Å². The number of nitrogens with two attached hydrogens (primary N) is 1. The number of ether oxygens (including phenoxy) is 1. The Morgan fingerprint density at radius 3 is 2.55 bits per heavy atom. The first-order valence-electron chi connectivity index (χ1n) is 4.05. The zero-order valence-electron chi connectivity index (χ0n) is 6.93. The van der Waals surface area contributed by atoms with Gasteiger partial charge >= 0.3 is 5.97 Å². The third-order valence-corrected chi connectivity index (χ3v) is 2.16. The van der Waals surface area contributed by atoms with Crippen molar-refractivity contribution < 1.29 is 9.53 Å². The van der Waals surface area contributed by atoms with Crippen molar-refractivity contribution in [3.05, 3.63) is 0 Å². The van der Waals surface area contributed by atoms with Gasteiger partial charge in [0.25, 0.3) is 0 Å². The van der Waals surface area contributed by atoms with Crippen LogP contribution >= 0.6 is 0 Å². The maximum absolute atomic E-state index is 10.5. The summed E-state index contributed by atoms with van der Waals surface area (Å²) in [6.45, 7) is 1.81. The van der Waals surface area contributed by atoms with Gasteiger partial charge in [0.05, 0.1) is 5.54 Å². The summed E-state index contributed by atoms with van der Waals surface area (Å²) in [6.07, 6.45) is 4.30. The van der Waals surface area contributed by atoms with E-state index < -0.39 is 0 Å². The molecule has 0 atom stereocenters. The average molecular weight is 157 g/mol. The van der Waals surface area contributed by atoms with E-state index >= 15 is 0 Å². The number of carbonyl (C=O) groups is 1. The highest BCUT2D eigenvalue weighted by Crippen LogP contribution is 2.27. The predicted molar refractivity (Wildman–Crippen MR) is 42.0 cm³/mol. The molecule has 0 spiro atoms. The molecule has 3 heteroatoms. The fourth-order valence-electron chi connectivity index (χ4n) is 1.47. The monoisotopic (exact) mass is 157 g/mol. The van der Waals surface area contributed by atoms with Gasteiger partial charge in [0.1, 0.15) is 6.61 Å². The fourth-order valence-corrected chi connectivity index (χ4v) is 1.47. The van der Waals surface area contributed by atoms with Crippen LogP contribution < -0.4 is 5.73 Å². The van der Waals surface area contributed by atoms with Gasteiger partial charge in [-0.05, 0) is 12.8 Å². The van der Waals surface area contributed by atoms with Crippen LogP contribution in [0.1, 0.15) is 32.6 Å². The van der Waals surface area contributed by atoms with Crippen molar-refractivity contribution in [3.63, 3.8) is 0 Å². The lowest BCUT2D eigenvalue weighted by atomic mass is 10.0. The minimum atomic E-state index is -0.235. The van der Waals surface area contributed by atoms with Crippen LogP contribution in [0.2, 0.25) is 0 Å². The fraction of sp³-hybridized carbons (Fsp3) is 0.875. The van der Waals surface area contributed by atoms with Gasteiger partial charge in [-0.25, -0.2) is 0 Å². The van der Waals surface area contributed by atoms with Crippen molar-refractivity contribution in [2.75, 3.05) is 6.61 Å². The molecule has 0 aromatic rings. The summed E-state index contributed by atoms with van der Waals surface area (Å²) in [6, 6.07) is 0. The van der Waals surface area contributed by atoms with Crippen LogP contribution in [0.15, 0.2) is 0 Å². The molecule has 0 amide bonds. The molecule has 0 unspecified atom stereocenters. The zero-order valence-corrected chi connectivity index (χ0v) is 6.93. The van der Waals surface area contributed by atoms with Gasteiger partial charge < -0.3 is 10.5 Å². The molecule has 0 aromatic heterocycles. The van der Waals surface area contributed by atoms with E-state index in [-0.39, 0.29) is 11.5 Å². The zero-order chi connectivity index (χ0) is 8.32. The van der Waals surface area contributed by atoms with Crippen LogP contribution in [0.4, 0.5) is 0 Å². The normalized spacial score (nSPS) is 21.6. The molecule has 3 nitrogen and oxygen atoms in total. The van der Waals surface area contributed by atoms with E-state index in [1.807, 2.05) is 0 Å². The number of hydrogen-bond acceptors (Lipinski definition) is 3. The van der Waals surface area contributed by atoms with Crippen LogP contribution in [-0.2, 0) is 9.53 Å². The van der Waals surface area contributed by atoms with Gasteiger partial charge in [0.2, 0.25) is 0 Å². The average Bonchev–Trinajstić information content (AvgIpc) is 2.33. The first kappa shape index (κ1) is 8.53. The SMILES string of the molecule is CC(=O)OCC1(N)CCCC1. The van der Waals surface area contributed by atoms with Gasteiger partial charge in [-0.15, -0.1) is 0 Å². The van der Waals surface area contributed by atoms with Crippen LogP contribution in [0, 0.1) is 0 Å². The van der Waals surface area contributed by atoms with Crippen LogP contribution in [-0.4, -0.2) is 18.1 Å². The largest absolute Gasteiger partial charge is 0.464 e. The minimum absolute atomic E-state index is 0.217. The van der Waals surface area contributed by atoms with Gasteiger partial charge in [0, 0.05) is 6.92 Å². The molecule has 11 heavy (non-hydrogen) atoms. The summed E-state index contributed by atoms with van der Waals surface area (Å²) in [4.78, 5) is 10.5. The summed E-state index contributed by atoms with van der Waals surface area (Å²) >= 11 is 0. The first-order valence-corrected chi connectivity index (χ1v) is 4.05. The molecule has 0 saturated heterocycles. The number of esters is 1. The summed E-state index contributed by atoms with van der Waals surface area (Å²) in [7, 11) is 0. The van der Waals surface area contributed by atoms with Gasteiger partial charge in [-0.2, -0.15) is 0 Å². The Balaban J connectivity index is 2.28. The van der Waals surface area contributed by atoms with E-state index in [9.17, 15) is 4.79 Å². The molecule has 0 aliphatic heterocycles.